The molecule has 6 rings (SSSR count). The number of hydrogen-bond acceptors (Lipinski definition) is 6. The highest BCUT2D eigenvalue weighted by molar-refractivity contribution is 6.10. The van der Waals surface area contributed by atoms with E-state index in [2.05, 4.69) is 25.1 Å². The third-order valence-corrected chi connectivity index (χ3v) is 6.02. The Bertz CT molecular complexity index is 1530. The SMILES string of the molecule is CCOc1ccc2c(n1)N(c1ccc(-c3nnc[nH]3)cc1)C(=O)N(c1ccc3ncn(C)c3c1)C2. The van der Waals surface area contributed by atoms with E-state index in [0.717, 1.165) is 27.8 Å². The van der Waals surface area contributed by atoms with Crippen LogP contribution in [0.15, 0.2) is 67.3 Å². The summed E-state index contributed by atoms with van der Waals surface area (Å²) in [5.74, 6) is 1.70. The number of ether oxygens (including phenoxy) is 1. The molecule has 1 N–H and O–H groups in total. The Morgan fingerprint density at radius 2 is 1.89 bits per heavy atom. The first kappa shape index (κ1) is 20.8. The maximum absolute atomic E-state index is 14.0. The molecule has 3 aromatic heterocycles. The molecule has 0 spiro atoms. The highest BCUT2D eigenvalue weighted by Crippen LogP contribution is 2.38. The van der Waals surface area contributed by atoms with Gasteiger partial charge < -0.3 is 14.3 Å². The molecule has 10 nitrogen and oxygen atoms in total. The number of benzene rings is 2. The van der Waals surface area contributed by atoms with Gasteiger partial charge in [-0.05, 0) is 55.5 Å². The number of imidazole rings is 1. The Morgan fingerprint density at radius 1 is 1.06 bits per heavy atom. The summed E-state index contributed by atoms with van der Waals surface area (Å²) in [6.45, 7) is 2.79. The normalized spacial score (nSPS) is 13.4. The number of carbonyl (C=O) groups excluding carboxylic acids is 1. The summed E-state index contributed by atoms with van der Waals surface area (Å²) < 4.78 is 7.57. The van der Waals surface area contributed by atoms with Crippen LogP contribution in [-0.2, 0) is 13.6 Å². The average molecular weight is 467 g/mol. The molecule has 35 heavy (non-hydrogen) atoms. The number of amides is 2. The molecular formula is C25H22N8O2. The van der Waals surface area contributed by atoms with Crippen LogP contribution in [0.1, 0.15) is 12.5 Å². The van der Waals surface area contributed by atoms with Gasteiger partial charge in [0.15, 0.2) is 5.82 Å². The Kier molecular flexibility index (Phi) is 4.91. The molecule has 0 unspecified atom stereocenters. The van der Waals surface area contributed by atoms with Crippen LogP contribution in [0.3, 0.4) is 0 Å². The number of nitrogens with zero attached hydrogens (tertiary/aromatic N) is 7. The maximum atomic E-state index is 14.0. The molecule has 0 saturated carbocycles. The number of urea groups is 1. The van der Waals surface area contributed by atoms with Crippen molar-refractivity contribution in [3.63, 3.8) is 0 Å². The van der Waals surface area contributed by atoms with Gasteiger partial charge in [0.25, 0.3) is 0 Å². The van der Waals surface area contributed by atoms with E-state index in [-0.39, 0.29) is 6.03 Å². The molecule has 1 aliphatic heterocycles. The highest BCUT2D eigenvalue weighted by Gasteiger charge is 2.34. The van der Waals surface area contributed by atoms with Crippen LogP contribution in [0.2, 0.25) is 0 Å². The number of H-pyrrole nitrogens is 1. The van der Waals surface area contributed by atoms with Gasteiger partial charge in [-0.25, -0.2) is 14.7 Å². The second-order valence-corrected chi connectivity index (χ2v) is 8.18. The van der Waals surface area contributed by atoms with Crippen molar-refractivity contribution in [1.29, 1.82) is 0 Å². The summed E-state index contributed by atoms with van der Waals surface area (Å²) in [7, 11) is 1.94. The average Bonchev–Trinajstić information content (AvgIpc) is 3.55. The minimum absolute atomic E-state index is 0.201. The predicted molar refractivity (Wildman–Crippen MR) is 132 cm³/mol. The number of aromatic nitrogens is 6. The maximum Gasteiger partial charge on any atom is 0.335 e. The number of fused-ring (bicyclic) bond motifs is 2. The van der Waals surface area contributed by atoms with Gasteiger partial charge in [-0.1, -0.05) is 0 Å². The van der Waals surface area contributed by atoms with E-state index >= 15 is 0 Å². The number of aromatic amines is 1. The summed E-state index contributed by atoms with van der Waals surface area (Å²) in [5, 5.41) is 7.90. The van der Waals surface area contributed by atoms with Crippen LogP contribution in [-0.4, -0.2) is 42.4 Å². The van der Waals surface area contributed by atoms with Crippen molar-refractivity contribution in [1.82, 2.24) is 29.7 Å². The van der Waals surface area contributed by atoms with Gasteiger partial charge in [0, 0.05) is 29.9 Å². The third kappa shape index (κ3) is 3.55. The van der Waals surface area contributed by atoms with Gasteiger partial charge in [0.1, 0.15) is 12.1 Å². The zero-order valence-electron chi connectivity index (χ0n) is 19.2. The second kappa shape index (κ2) is 8.24. The highest BCUT2D eigenvalue weighted by atomic mass is 16.5. The fraction of sp³-hybridized carbons (Fsp3) is 0.160. The number of pyridine rings is 1. The lowest BCUT2D eigenvalue weighted by Gasteiger charge is -2.36. The van der Waals surface area contributed by atoms with Gasteiger partial charge in [-0.2, -0.15) is 4.98 Å². The van der Waals surface area contributed by atoms with Crippen LogP contribution >= 0.6 is 0 Å². The molecule has 0 atom stereocenters. The summed E-state index contributed by atoms with van der Waals surface area (Å²) >= 11 is 0. The van der Waals surface area contributed by atoms with E-state index in [0.29, 0.717) is 36.4 Å². The molecule has 2 amide bonds. The molecule has 1 aliphatic rings. The van der Waals surface area contributed by atoms with Crippen molar-refractivity contribution in [2.24, 2.45) is 7.05 Å². The number of anilines is 3. The van der Waals surface area contributed by atoms with E-state index in [4.69, 9.17) is 4.74 Å². The molecule has 4 heterocycles. The number of carbonyl (C=O) groups is 1. The van der Waals surface area contributed by atoms with E-state index in [1.165, 1.54) is 6.33 Å². The Balaban J connectivity index is 1.45. The van der Waals surface area contributed by atoms with Crippen molar-refractivity contribution in [2.45, 2.75) is 13.5 Å². The molecule has 10 heteroatoms. The zero-order chi connectivity index (χ0) is 23.9. The molecule has 0 saturated heterocycles. The van der Waals surface area contributed by atoms with Crippen molar-refractivity contribution in [3.8, 4) is 17.3 Å². The first-order chi connectivity index (χ1) is 17.1. The third-order valence-electron chi connectivity index (χ3n) is 6.02. The largest absolute Gasteiger partial charge is 0.478 e. The molecular weight excluding hydrogens is 444 g/mol. The summed E-state index contributed by atoms with van der Waals surface area (Å²) in [6.07, 6.45) is 3.30. The predicted octanol–water partition coefficient (Wildman–Crippen LogP) is 4.43. The minimum Gasteiger partial charge on any atom is -0.478 e. The Morgan fingerprint density at radius 3 is 2.66 bits per heavy atom. The van der Waals surface area contributed by atoms with Crippen molar-refractivity contribution < 1.29 is 9.53 Å². The Labute approximate surface area is 200 Å². The minimum atomic E-state index is -0.201. The number of hydrogen-bond donors (Lipinski definition) is 1. The summed E-state index contributed by atoms with van der Waals surface area (Å²) in [4.78, 5) is 29.4. The molecule has 0 aliphatic carbocycles. The van der Waals surface area contributed by atoms with Gasteiger partial charge in [0.2, 0.25) is 5.88 Å². The molecule has 0 bridgehead atoms. The molecule has 0 radical (unpaired) electrons. The van der Waals surface area contributed by atoms with Gasteiger partial charge >= 0.3 is 6.03 Å². The van der Waals surface area contributed by atoms with Crippen molar-refractivity contribution in [2.75, 3.05) is 16.4 Å². The van der Waals surface area contributed by atoms with Crippen LogP contribution in [0.4, 0.5) is 22.0 Å². The first-order valence-corrected chi connectivity index (χ1v) is 11.2. The van der Waals surface area contributed by atoms with Crippen LogP contribution in [0.25, 0.3) is 22.4 Å². The van der Waals surface area contributed by atoms with Crippen LogP contribution in [0.5, 0.6) is 5.88 Å². The van der Waals surface area contributed by atoms with E-state index in [9.17, 15) is 4.79 Å². The molecule has 0 fully saturated rings. The lowest BCUT2D eigenvalue weighted by atomic mass is 10.1. The number of aryl methyl sites for hydroxylation is 1. The van der Waals surface area contributed by atoms with E-state index in [1.54, 1.807) is 16.1 Å². The lowest BCUT2D eigenvalue weighted by Crippen LogP contribution is -2.45. The first-order valence-electron chi connectivity index (χ1n) is 11.2. The quantitative estimate of drug-likeness (QED) is 0.411. The smallest absolute Gasteiger partial charge is 0.335 e. The van der Waals surface area contributed by atoms with E-state index < -0.39 is 0 Å². The fourth-order valence-electron chi connectivity index (χ4n) is 4.29. The standard InChI is InChI=1S/C25H22N8O2/c1-3-35-22-11-6-17-13-32(19-9-10-20-21(12-19)31(2)15-27-20)25(34)33(24(17)29-22)18-7-4-16(5-8-18)23-26-14-28-30-23/h4-12,14-15H,3,13H2,1-2H3,(H,26,28,30). The zero-order valence-corrected chi connectivity index (χ0v) is 19.2. The molecule has 2 aromatic carbocycles. The monoisotopic (exact) mass is 466 g/mol. The summed E-state index contributed by atoms with van der Waals surface area (Å²) in [5.41, 5.74) is 5.08. The topological polar surface area (TPSA) is 105 Å². The van der Waals surface area contributed by atoms with E-state index in [1.807, 2.05) is 73.1 Å². The lowest BCUT2D eigenvalue weighted by molar-refractivity contribution is 0.252. The number of rotatable bonds is 5. The van der Waals surface area contributed by atoms with Crippen LogP contribution in [0, 0.1) is 0 Å². The second-order valence-electron chi connectivity index (χ2n) is 8.18. The summed E-state index contributed by atoms with van der Waals surface area (Å²) in [6, 6.07) is 17.0. The fourth-order valence-corrected chi connectivity index (χ4v) is 4.29. The van der Waals surface area contributed by atoms with Crippen LogP contribution < -0.4 is 14.5 Å². The van der Waals surface area contributed by atoms with Gasteiger partial charge in [-0.15, -0.1) is 10.2 Å². The number of nitrogens with one attached hydrogen (secondary N) is 1. The Hall–Kier alpha value is -4.73. The van der Waals surface area contributed by atoms with Crippen molar-refractivity contribution >= 4 is 34.3 Å². The molecule has 174 valence electrons. The molecule has 5 aromatic rings. The van der Waals surface area contributed by atoms with Crippen molar-refractivity contribution in [3.05, 3.63) is 72.8 Å². The van der Waals surface area contributed by atoms with Gasteiger partial charge in [0.05, 0.1) is 36.2 Å². The van der Waals surface area contributed by atoms with Gasteiger partial charge in [-0.3, -0.25) is 4.90 Å².